The predicted octanol–water partition coefficient (Wildman–Crippen LogP) is 16.7. The monoisotopic (exact) mass is 864 g/mol. The van der Waals surface area contributed by atoms with E-state index in [1.54, 1.807) is 0 Å². The van der Waals surface area contributed by atoms with Crippen LogP contribution >= 0.6 is 0 Å². The van der Waals surface area contributed by atoms with Gasteiger partial charge in [-0.3, -0.25) is 9.59 Å². The lowest BCUT2D eigenvalue weighted by Crippen LogP contribution is -2.45. The first-order valence-corrected chi connectivity index (χ1v) is 27.8. The van der Waals surface area contributed by atoms with Crippen molar-refractivity contribution in [3.8, 4) is 0 Å². The highest BCUT2D eigenvalue weighted by Gasteiger charge is 2.20. The zero-order chi connectivity index (χ0) is 44.4. The third-order valence-electron chi connectivity index (χ3n) is 13.2. The molecule has 0 spiro atoms. The molecule has 2 unspecified atom stereocenters. The van der Waals surface area contributed by atoms with Crippen molar-refractivity contribution in [2.45, 2.75) is 328 Å². The van der Waals surface area contributed by atoms with E-state index >= 15 is 0 Å². The van der Waals surface area contributed by atoms with Gasteiger partial charge in [-0.25, -0.2) is 0 Å². The summed E-state index contributed by atoms with van der Waals surface area (Å²) in [6.45, 7) is 4.95. The Bertz CT molecular complexity index is 867. The smallest absolute Gasteiger partial charge is 0.305 e. The minimum atomic E-state index is -0.671. The molecule has 0 saturated carbocycles. The van der Waals surface area contributed by atoms with Crippen LogP contribution in [0.5, 0.6) is 0 Å². The first-order chi connectivity index (χ1) is 30.0. The molecule has 0 saturated heterocycles. The molecule has 0 bridgehead atoms. The number of amides is 1. The van der Waals surface area contributed by atoms with Crippen LogP contribution in [0.1, 0.15) is 316 Å². The van der Waals surface area contributed by atoms with Gasteiger partial charge in [-0.15, -0.1) is 0 Å². The summed E-state index contributed by atoms with van der Waals surface area (Å²) in [7, 11) is 0. The van der Waals surface area contributed by atoms with Crippen LogP contribution in [0, 0.1) is 0 Å². The van der Waals surface area contributed by atoms with Gasteiger partial charge in [0.1, 0.15) is 0 Å². The molecule has 0 aliphatic rings. The Balaban J connectivity index is 3.41. The maximum absolute atomic E-state index is 12.5. The summed E-state index contributed by atoms with van der Waals surface area (Å²) >= 11 is 0. The molecular weight excluding hydrogens is 755 g/mol. The Morgan fingerprint density at radius 3 is 1.00 bits per heavy atom. The normalized spacial score (nSPS) is 12.5. The first-order valence-electron chi connectivity index (χ1n) is 27.8. The fourth-order valence-electron chi connectivity index (χ4n) is 8.88. The van der Waals surface area contributed by atoms with Crippen LogP contribution in [0.15, 0.2) is 0 Å². The molecule has 61 heavy (non-hydrogen) atoms. The number of aliphatic hydroxyl groups excluding tert-OH is 2. The Labute approximate surface area is 381 Å². The Morgan fingerprint density at radius 1 is 0.393 bits per heavy atom. The van der Waals surface area contributed by atoms with E-state index in [2.05, 4.69) is 19.2 Å². The summed E-state index contributed by atoms with van der Waals surface area (Å²) in [4.78, 5) is 24.5. The summed E-state index contributed by atoms with van der Waals surface area (Å²) in [6, 6.07) is -0.549. The maximum atomic E-state index is 12.5. The van der Waals surface area contributed by atoms with Crippen LogP contribution in [0.4, 0.5) is 0 Å². The van der Waals surface area contributed by atoms with Crippen molar-refractivity contribution in [3.63, 3.8) is 0 Å². The van der Waals surface area contributed by atoms with Gasteiger partial charge in [0, 0.05) is 12.8 Å². The summed E-state index contributed by atoms with van der Waals surface area (Å²) < 4.78 is 5.48. The number of carbonyl (C=O) groups excluding carboxylic acids is 2. The van der Waals surface area contributed by atoms with Crippen molar-refractivity contribution < 1.29 is 24.5 Å². The fraction of sp³-hybridized carbons (Fsp3) is 0.964. The van der Waals surface area contributed by atoms with Gasteiger partial charge >= 0.3 is 5.97 Å². The van der Waals surface area contributed by atoms with Crippen molar-refractivity contribution in [2.24, 2.45) is 0 Å². The summed E-state index contributed by atoms with van der Waals surface area (Å²) in [5.74, 6) is -0.0461. The SMILES string of the molecule is CCCCCCCCCCCCCCCCCCCC(=O)OCCCCCCCCCCCCCCCC(=O)NC(CO)C(O)CCCCCCCCCCCCCCCC. The molecule has 6 nitrogen and oxygen atoms in total. The zero-order valence-electron chi connectivity index (χ0n) is 41.4. The van der Waals surface area contributed by atoms with Crippen molar-refractivity contribution in [3.05, 3.63) is 0 Å². The molecule has 0 aromatic carbocycles. The van der Waals surface area contributed by atoms with Gasteiger partial charge in [-0.2, -0.15) is 0 Å². The van der Waals surface area contributed by atoms with Gasteiger partial charge in [0.15, 0.2) is 0 Å². The standard InChI is InChI=1S/C55H109NO5/c1-3-5-7-9-11-13-15-17-19-20-21-25-29-33-37-41-45-49-55(60)61-50-46-42-38-34-30-26-22-24-28-32-36-40-44-48-54(59)56-52(51-57)53(58)47-43-39-35-31-27-23-18-16-14-12-10-8-6-4-2/h52-53,57-58H,3-51H2,1-2H3,(H,56,59). The van der Waals surface area contributed by atoms with Crippen molar-refractivity contribution >= 4 is 11.9 Å². The molecule has 0 aliphatic carbocycles. The van der Waals surface area contributed by atoms with Crippen LogP contribution in [0.3, 0.4) is 0 Å². The quantitative estimate of drug-likeness (QED) is 0.0418. The van der Waals surface area contributed by atoms with Crippen LogP contribution in [0.25, 0.3) is 0 Å². The Hall–Kier alpha value is -1.14. The van der Waals surface area contributed by atoms with Gasteiger partial charge < -0.3 is 20.3 Å². The molecule has 1 amide bonds. The number of aliphatic hydroxyl groups is 2. The summed E-state index contributed by atoms with van der Waals surface area (Å²) in [5, 5.41) is 23.2. The molecule has 0 radical (unpaired) electrons. The Morgan fingerprint density at radius 2 is 0.672 bits per heavy atom. The molecule has 0 aliphatic heterocycles. The number of nitrogens with one attached hydrogen (secondary N) is 1. The summed E-state index contributed by atoms with van der Waals surface area (Å²) in [6.07, 6.45) is 57.9. The average Bonchev–Trinajstić information content (AvgIpc) is 3.26. The third kappa shape index (κ3) is 48.2. The lowest BCUT2D eigenvalue weighted by atomic mass is 10.0. The summed E-state index contributed by atoms with van der Waals surface area (Å²) in [5.41, 5.74) is 0. The number of rotatable bonds is 52. The number of carbonyl (C=O) groups is 2. The molecule has 364 valence electrons. The average molecular weight is 864 g/mol. The van der Waals surface area contributed by atoms with Crippen LogP contribution < -0.4 is 5.32 Å². The van der Waals surface area contributed by atoms with Gasteiger partial charge in [0.05, 0.1) is 25.4 Å². The number of hydrogen-bond acceptors (Lipinski definition) is 5. The van der Waals surface area contributed by atoms with E-state index in [0.717, 1.165) is 51.4 Å². The minimum absolute atomic E-state index is 0.000669. The van der Waals surface area contributed by atoms with E-state index in [0.29, 0.717) is 25.9 Å². The van der Waals surface area contributed by atoms with E-state index in [1.165, 1.54) is 231 Å². The minimum Gasteiger partial charge on any atom is -0.466 e. The van der Waals surface area contributed by atoms with Crippen molar-refractivity contribution in [1.82, 2.24) is 5.32 Å². The molecule has 2 atom stereocenters. The van der Waals surface area contributed by atoms with Gasteiger partial charge in [0.2, 0.25) is 5.91 Å². The topological polar surface area (TPSA) is 95.9 Å². The molecule has 0 heterocycles. The van der Waals surface area contributed by atoms with E-state index in [1.807, 2.05) is 0 Å². The first kappa shape index (κ1) is 59.9. The van der Waals surface area contributed by atoms with Crippen LogP contribution in [-0.2, 0) is 14.3 Å². The Kier molecular flexibility index (Phi) is 50.5. The number of esters is 1. The molecule has 0 rings (SSSR count). The molecule has 0 aromatic heterocycles. The van der Waals surface area contributed by atoms with Gasteiger partial charge in [0.25, 0.3) is 0 Å². The van der Waals surface area contributed by atoms with E-state index < -0.39 is 12.1 Å². The predicted molar refractivity (Wildman–Crippen MR) is 264 cm³/mol. The second-order valence-electron chi connectivity index (χ2n) is 19.3. The molecule has 6 heteroatoms. The third-order valence-corrected chi connectivity index (χ3v) is 13.2. The van der Waals surface area contributed by atoms with Crippen molar-refractivity contribution in [1.29, 1.82) is 0 Å². The maximum Gasteiger partial charge on any atom is 0.305 e. The molecule has 0 aromatic rings. The second kappa shape index (κ2) is 51.5. The highest BCUT2D eigenvalue weighted by Crippen LogP contribution is 2.18. The largest absolute Gasteiger partial charge is 0.466 e. The van der Waals surface area contributed by atoms with Gasteiger partial charge in [-0.1, -0.05) is 277 Å². The van der Waals surface area contributed by atoms with E-state index in [-0.39, 0.29) is 18.5 Å². The lowest BCUT2D eigenvalue weighted by Gasteiger charge is -2.22. The van der Waals surface area contributed by atoms with E-state index in [4.69, 9.17) is 4.74 Å². The lowest BCUT2D eigenvalue weighted by molar-refractivity contribution is -0.143. The van der Waals surface area contributed by atoms with Crippen LogP contribution in [0.2, 0.25) is 0 Å². The number of unbranched alkanes of at least 4 members (excludes halogenated alkanes) is 41. The molecule has 3 N–H and O–H groups in total. The number of ether oxygens (including phenoxy) is 1. The van der Waals surface area contributed by atoms with Gasteiger partial charge in [-0.05, 0) is 25.7 Å². The fourth-order valence-corrected chi connectivity index (χ4v) is 8.88. The highest BCUT2D eigenvalue weighted by molar-refractivity contribution is 5.76. The van der Waals surface area contributed by atoms with Crippen LogP contribution in [-0.4, -0.2) is 47.4 Å². The highest BCUT2D eigenvalue weighted by atomic mass is 16.5. The second-order valence-corrected chi connectivity index (χ2v) is 19.3. The molecular formula is C55H109NO5. The number of hydrogen-bond donors (Lipinski definition) is 3. The molecule has 0 fully saturated rings. The van der Waals surface area contributed by atoms with Crippen molar-refractivity contribution in [2.75, 3.05) is 13.2 Å². The zero-order valence-corrected chi connectivity index (χ0v) is 41.4. The van der Waals surface area contributed by atoms with E-state index in [9.17, 15) is 19.8 Å².